The third kappa shape index (κ3) is 3.19. The van der Waals surface area contributed by atoms with Crippen LogP contribution in [0.25, 0.3) is 0 Å². The number of imidazole rings is 1. The fourth-order valence-electron chi connectivity index (χ4n) is 2.97. The van der Waals surface area contributed by atoms with Crippen LogP contribution < -0.4 is 0 Å². The third-order valence-corrected chi connectivity index (χ3v) is 6.38. The van der Waals surface area contributed by atoms with Crippen LogP contribution in [0.3, 0.4) is 0 Å². The van der Waals surface area contributed by atoms with E-state index in [1.807, 2.05) is 0 Å². The summed E-state index contributed by atoms with van der Waals surface area (Å²) in [6.07, 6.45) is 5.34. The van der Waals surface area contributed by atoms with Gasteiger partial charge in [0.15, 0.2) is 10.7 Å². The maximum absolute atomic E-state index is 12.6. The van der Waals surface area contributed by atoms with Crippen LogP contribution >= 0.6 is 0 Å². The topological polar surface area (TPSA) is 112 Å². The Hall–Kier alpha value is -2.20. The van der Waals surface area contributed by atoms with E-state index in [2.05, 4.69) is 15.1 Å². The molecule has 0 radical (unpaired) electrons. The summed E-state index contributed by atoms with van der Waals surface area (Å²) in [6, 6.07) is 1.71. The number of hydrogen-bond donors (Lipinski definition) is 1. The van der Waals surface area contributed by atoms with Gasteiger partial charge in [0.25, 0.3) is 15.9 Å². The summed E-state index contributed by atoms with van der Waals surface area (Å²) in [7, 11) is -3.61. The summed E-state index contributed by atoms with van der Waals surface area (Å²) in [4.78, 5) is 20.6. The van der Waals surface area contributed by atoms with E-state index in [0.29, 0.717) is 37.7 Å². The number of nitrogens with one attached hydrogen (secondary N) is 1. The van der Waals surface area contributed by atoms with Crippen molar-refractivity contribution in [1.82, 2.24) is 24.3 Å². The van der Waals surface area contributed by atoms with E-state index < -0.39 is 10.0 Å². The molecule has 0 unspecified atom stereocenters. The van der Waals surface area contributed by atoms with Gasteiger partial charge in [0.2, 0.25) is 0 Å². The molecule has 2 aliphatic rings. The highest BCUT2D eigenvalue weighted by Gasteiger charge is 2.32. The van der Waals surface area contributed by atoms with Crippen molar-refractivity contribution in [2.75, 3.05) is 26.2 Å². The average molecular weight is 365 g/mol. The van der Waals surface area contributed by atoms with Gasteiger partial charge in [-0.15, -0.1) is 0 Å². The van der Waals surface area contributed by atoms with E-state index in [-0.39, 0.29) is 17.5 Å². The predicted octanol–water partition coefficient (Wildman–Crippen LogP) is 0.812. The lowest BCUT2D eigenvalue weighted by atomic mass is 10.2. The summed E-state index contributed by atoms with van der Waals surface area (Å²) in [5.41, 5.74) is 0.298. The summed E-state index contributed by atoms with van der Waals surface area (Å²) in [5, 5.41) is 3.95. The number of H-pyrrole nitrogens is 1. The largest absolute Gasteiger partial charge is 0.360 e. The fourth-order valence-corrected chi connectivity index (χ4v) is 4.34. The summed E-state index contributed by atoms with van der Waals surface area (Å²) >= 11 is 0. The zero-order chi connectivity index (χ0) is 17.4. The summed E-state index contributed by atoms with van der Waals surface area (Å²) in [5.74, 6) is 0.950. The molecule has 0 spiro atoms. The van der Waals surface area contributed by atoms with Crippen LogP contribution in [0.2, 0.25) is 0 Å². The van der Waals surface area contributed by atoms with Gasteiger partial charge in [-0.05, 0) is 19.3 Å². The SMILES string of the molecule is O=C(c1cc(C2CC2)on1)N1CCCN(S(=O)(=O)c2cnc[nH]2)CC1. The molecule has 1 aliphatic carbocycles. The van der Waals surface area contributed by atoms with Crippen LogP contribution in [0.4, 0.5) is 0 Å². The second-order valence-corrected chi connectivity index (χ2v) is 8.26. The lowest BCUT2D eigenvalue weighted by Crippen LogP contribution is -2.37. The Labute approximate surface area is 145 Å². The van der Waals surface area contributed by atoms with E-state index in [4.69, 9.17) is 4.52 Å². The highest BCUT2D eigenvalue weighted by Crippen LogP contribution is 2.40. The second-order valence-electron chi connectivity index (χ2n) is 6.35. The zero-order valence-corrected chi connectivity index (χ0v) is 14.4. The van der Waals surface area contributed by atoms with Crippen molar-refractivity contribution in [3.63, 3.8) is 0 Å². The maximum atomic E-state index is 12.6. The Bertz CT molecular complexity index is 856. The molecular weight excluding hydrogens is 346 g/mol. The number of aromatic amines is 1. The van der Waals surface area contributed by atoms with Gasteiger partial charge < -0.3 is 14.4 Å². The first-order valence-electron chi connectivity index (χ1n) is 8.30. The van der Waals surface area contributed by atoms with E-state index in [1.54, 1.807) is 11.0 Å². The number of sulfonamides is 1. The van der Waals surface area contributed by atoms with E-state index >= 15 is 0 Å². The first kappa shape index (κ1) is 16.3. The lowest BCUT2D eigenvalue weighted by molar-refractivity contribution is 0.0753. The van der Waals surface area contributed by atoms with Crippen molar-refractivity contribution in [3.05, 3.63) is 30.0 Å². The highest BCUT2D eigenvalue weighted by atomic mass is 32.2. The van der Waals surface area contributed by atoms with Crippen molar-refractivity contribution >= 4 is 15.9 Å². The number of amides is 1. The van der Waals surface area contributed by atoms with Gasteiger partial charge >= 0.3 is 0 Å². The molecule has 3 heterocycles. The lowest BCUT2D eigenvalue weighted by Gasteiger charge is -2.20. The Morgan fingerprint density at radius 2 is 2.08 bits per heavy atom. The van der Waals surface area contributed by atoms with Crippen LogP contribution in [-0.4, -0.2) is 64.8 Å². The number of carbonyl (C=O) groups excluding carboxylic acids is 1. The molecule has 25 heavy (non-hydrogen) atoms. The zero-order valence-electron chi connectivity index (χ0n) is 13.6. The summed E-state index contributed by atoms with van der Waals surface area (Å²) in [6.45, 7) is 1.40. The van der Waals surface area contributed by atoms with Gasteiger partial charge in [-0.3, -0.25) is 4.79 Å². The average Bonchev–Trinajstić information content (AvgIpc) is 3.15. The van der Waals surface area contributed by atoms with Crippen molar-refractivity contribution in [3.8, 4) is 0 Å². The molecule has 10 heteroatoms. The Balaban J connectivity index is 1.44. The number of hydrogen-bond acceptors (Lipinski definition) is 6. The Morgan fingerprint density at radius 1 is 1.24 bits per heavy atom. The molecule has 0 bridgehead atoms. The van der Waals surface area contributed by atoms with Gasteiger partial charge in [-0.2, -0.15) is 4.31 Å². The minimum atomic E-state index is -3.61. The first-order chi connectivity index (χ1) is 12.1. The molecule has 0 aromatic carbocycles. The molecule has 1 saturated carbocycles. The Morgan fingerprint density at radius 3 is 2.80 bits per heavy atom. The van der Waals surface area contributed by atoms with Crippen LogP contribution in [0, 0.1) is 0 Å². The summed E-state index contributed by atoms with van der Waals surface area (Å²) < 4.78 is 31.7. The third-order valence-electron chi connectivity index (χ3n) is 4.56. The van der Waals surface area contributed by atoms with E-state index in [9.17, 15) is 13.2 Å². The molecule has 2 aromatic rings. The minimum Gasteiger partial charge on any atom is -0.360 e. The molecule has 1 aliphatic heterocycles. The molecule has 1 N–H and O–H groups in total. The standard InChI is InChI=1S/C15H19N5O4S/c21-15(12-8-13(24-18-12)11-2-3-11)19-4-1-5-20(7-6-19)25(22,23)14-9-16-10-17-14/h8-11H,1-7H2,(H,16,17). The molecule has 134 valence electrons. The van der Waals surface area contributed by atoms with Gasteiger partial charge in [0, 0.05) is 38.2 Å². The predicted molar refractivity (Wildman–Crippen MR) is 86.3 cm³/mol. The molecule has 0 atom stereocenters. The number of aromatic nitrogens is 3. The molecule has 1 saturated heterocycles. The van der Waals surface area contributed by atoms with Crippen LogP contribution in [0.1, 0.15) is 41.4 Å². The molecular formula is C15H19N5O4S. The molecule has 9 nitrogen and oxygen atoms in total. The highest BCUT2D eigenvalue weighted by molar-refractivity contribution is 7.89. The number of nitrogens with zero attached hydrogens (tertiary/aromatic N) is 4. The number of carbonyl (C=O) groups is 1. The van der Waals surface area contributed by atoms with Crippen molar-refractivity contribution < 1.29 is 17.7 Å². The van der Waals surface area contributed by atoms with Crippen molar-refractivity contribution in [2.24, 2.45) is 0 Å². The smallest absolute Gasteiger partial charge is 0.276 e. The molecule has 2 fully saturated rings. The van der Waals surface area contributed by atoms with Crippen molar-refractivity contribution in [1.29, 1.82) is 0 Å². The number of rotatable bonds is 4. The minimum absolute atomic E-state index is 0.0675. The molecule has 2 aromatic heterocycles. The second kappa shape index (κ2) is 6.26. The monoisotopic (exact) mass is 365 g/mol. The van der Waals surface area contributed by atoms with Crippen LogP contribution in [0.5, 0.6) is 0 Å². The van der Waals surface area contributed by atoms with E-state index in [0.717, 1.165) is 18.6 Å². The van der Waals surface area contributed by atoms with Gasteiger partial charge in [-0.1, -0.05) is 5.16 Å². The molecule has 4 rings (SSSR count). The molecule has 1 amide bonds. The maximum Gasteiger partial charge on any atom is 0.276 e. The fraction of sp³-hybridized carbons (Fsp3) is 0.533. The van der Waals surface area contributed by atoms with Crippen LogP contribution in [-0.2, 0) is 10.0 Å². The van der Waals surface area contributed by atoms with Gasteiger partial charge in [-0.25, -0.2) is 13.4 Å². The quantitative estimate of drug-likeness (QED) is 0.858. The normalized spacial score (nSPS) is 19.8. The Kier molecular flexibility index (Phi) is 4.08. The van der Waals surface area contributed by atoms with Crippen molar-refractivity contribution in [2.45, 2.75) is 30.2 Å². The van der Waals surface area contributed by atoms with Crippen LogP contribution in [0.15, 0.2) is 28.1 Å². The van der Waals surface area contributed by atoms with E-state index in [1.165, 1.54) is 16.8 Å². The van der Waals surface area contributed by atoms with Gasteiger partial charge in [0.1, 0.15) is 5.76 Å². The first-order valence-corrected chi connectivity index (χ1v) is 9.74. The van der Waals surface area contributed by atoms with Gasteiger partial charge in [0.05, 0.1) is 12.5 Å².